The van der Waals surface area contributed by atoms with Gasteiger partial charge < -0.3 is 15.2 Å². The van der Waals surface area contributed by atoms with Crippen LogP contribution in [0.4, 0.5) is 0 Å². The topological polar surface area (TPSA) is 44.7 Å². The number of likely N-dealkylation sites (tertiary alicyclic amines) is 1. The van der Waals surface area contributed by atoms with Crippen molar-refractivity contribution in [1.29, 1.82) is 0 Å². The Bertz CT molecular complexity index is 765. The van der Waals surface area contributed by atoms with Gasteiger partial charge in [-0.05, 0) is 112 Å². The van der Waals surface area contributed by atoms with Crippen molar-refractivity contribution in [2.45, 2.75) is 88.9 Å². The first-order chi connectivity index (χ1) is 14.0. The molecular weight excluding hydrogens is 360 g/mol. The number of hydrogen-bond donors (Lipinski definition) is 2. The molecule has 1 aromatic carbocycles. The van der Waals surface area contributed by atoms with E-state index in [2.05, 4.69) is 37.1 Å². The molecular formula is C25H38N2O2. The summed E-state index contributed by atoms with van der Waals surface area (Å²) in [6, 6.07) is 3.11. The lowest BCUT2D eigenvalue weighted by atomic mass is 9.77. The average molecular weight is 399 g/mol. The van der Waals surface area contributed by atoms with E-state index in [1.807, 2.05) is 0 Å². The third kappa shape index (κ3) is 3.56. The zero-order valence-electron chi connectivity index (χ0n) is 18.5. The number of piperidine rings is 1. The Kier molecular flexibility index (Phi) is 5.26. The summed E-state index contributed by atoms with van der Waals surface area (Å²) < 4.78 is 6.17. The van der Waals surface area contributed by atoms with Gasteiger partial charge in [0.05, 0.1) is 18.3 Å². The molecule has 0 bridgehead atoms. The van der Waals surface area contributed by atoms with E-state index >= 15 is 0 Å². The van der Waals surface area contributed by atoms with Gasteiger partial charge in [-0.1, -0.05) is 6.07 Å². The van der Waals surface area contributed by atoms with Crippen LogP contribution in [0.5, 0.6) is 0 Å². The maximum atomic E-state index is 10.2. The number of hydrogen-bond acceptors (Lipinski definition) is 4. The SMILES string of the molecule is Cc1cc(C2CCN([C@@H]3COC4(CNC4)C3)CC2)c(C2CCC(O)C2)c(C)c1C. The summed E-state index contributed by atoms with van der Waals surface area (Å²) in [6.07, 6.45) is 6.67. The van der Waals surface area contributed by atoms with Gasteiger partial charge in [-0.2, -0.15) is 0 Å². The predicted molar refractivity (Wildman–Crippen MR) is 117 cm³/mol. The highest BCUT2D eigenvalue weighted by molar-refractivity contribution is 5.48. The van der Waals surface area contributed by atoms with Crippen molar-refractivity contribution in [2.24, 2.45) is 0 Å². The van der Waals surface area contributed by atoms with Crippen LogP contribution in [-0.2, 0) is 4.74 Å². The summed E-state index contributed by atoms with van der Waals surface area (Å²) in [4.78, 5) is 2.70. The smallest absolute Gasteiger partial charge is 0.0946 e. The van der Waals surface area contributed by atoms with E-state index < -0.39 is 0 Å². The normalized spacial score (nSPS) is 32.8. The lowest BCUT2D eigenvalue weighted by molar-refractivity contribution is -0.0367. The van der Waals surface area contributed by atoms with Crippen molar-refractivity contribution < 1.29 is 9.84 Å². The average Bonchev–Trinajstić information content (AvgIpc) is 3.33. The van der Waals surface area contributed by atoms with Crippen molar-refractivity contribution in [2.75, 3.05) is 32.8 Å². The molecule has 160 valence electrons. The van der Waals surface area contributed by atoms with Gasteiger partial charge in [0, 0.05) is 19.1 Å². The van der Waals surface area contributed by atoms with Gasteiger partial charge in [-0.3, -0.25) is 4.90 Å². The molecule has 3 atom stereocenters. The predicted octanol–water partition coefficient (Wildman–Crippen LogP) is 3.55. The van der Waals surface area contributed by atoms with E-state index in [0.717, 1.165) is 39.0 Å². The molecule has 2 N–H and O–H groups in total. The van der Waals surface area contributed by atoms with E-state index in [9.17, 15) is 5.11 Å². The fraction of sp³-hybridized carbons (Fsp3) is 0.760. The molecule has 0 radical (unpaired) electrons. The van der Waals surface area contributed by atoms with Crippen molar-refractivity contribution in [1.82, 2.24) is 10.2 Å². The summed E-state index contributed by atoms with van der Waals surface area (Å²) in [5.74, 6) is 1.21. The Morgan fingerprint density at radius 3 is 2.38 bits per heavy atom. The Hall–Kier alpha value is -0.940. The molecule has 1 aromatic rings. The summed E-state index contributed by atoms with van der Waals surface area (Å²) in [7, 11) is 0. The molecule has 3 aliphatic heterocycles. The molecule has 5 rings (SSSR count). The molecule has 2 unspecified atom stereocenters. The molecule has 0 amide bonds. The first kappa shape index (κ1) is 20.0. The zero-order valence-corrected chi connectivity index (χ0v) is 18.5. The van der Waals surface area contributed by atoms with E-state index in [1.165, 1.54) is 49.0 Å². The van der Waals surface area contributed by atoms with Crippen molar-refractivity contribution in [3.63, 3.8) is 0 Å². The zero-order chi connectivity index (χ0) is 20.2. The summed E-state index contributed by atoms with van der Waals surface area (Å²) in [6.45, 7) is 12.3. The Morgan fingerprint density at radius 2 is 1.79 bits per heavy atom. The minimum atomic E-state index is -0.105. The highest BCUT2D eigenvalue weighted by Crippen LogP contribution is 2.44. The van der Waals surface area contributed by atoms with E-state index in [0.29, 0.717) is 17.9 Å². The number of ether oxygens (including phenoxy) is 1. The molecule has 4 nitrogen and oxygen atoms in total. The van der Waals surface area contributed by atoms with Crippen LogP contribution in [0, 0.1) is 20.8 Å². The molecule has 0 aromatic heterocycles. The minimum absolute atomic E-state index is 0.105. The Balaban J connectivity index is 1.32. The van der Waals surface area contributed by atoms with E-state index in [-0.39, 0.29) is 11.7 Å². The highest BCUT2D eigenvalue weighted by atomic mass is 16.5. The summed E-state index contributed by atoms with van der Waals surface area (Å²) >= 11 is 0. The van der Waals surface area contributed by atoms with E-state index in [1.54, 1.807) is 11.1 Å². The molecule has 1 saturated carbocycles. The molecule has 3 heterocycles. The Labute approximate surface area is 176 Å². The number of aliphatic hydroxyl groups excluding tert-OH is 1. The lowest BCUT2D eigenvalue weighted by Gasteiger charge is -2.40. The fourth-order valence-corrected chi connectivity index (χ4v) is 6.51. The van der Waals surface area contributed by atoms with Gasteiger partial charge in [0.1, 0.15) is 0 Å². The monoisotopic (exact) mass is 398 g/mol. The molecule has 4 heteroatoms. The summed E-state index contributed by atoms with van der Waals surface area (Å²) in [5, 5.41) is 13.6. The van der Waals surface area contributed by atoms with Crippen molar-refractivity contribution in [3.8, 4) is 0 Å². The molecule has 1 spiro atoms. The molecule has 4 aliphatic rings. The number of benzene rings is 1. The van der Waals surface area contributed by atoms with Gasteiger partial charge >= 0.3 is 0 Å². The van der Waals surface area contributed by atoms with Crippen LogP contribution >= 0.6 is 0 Å². The van der Waals surface area contributed by atoms with Gasteiger partial charge in [-0.15, -0.1) is 0 Å². The standard InChI is InChI=1S/C25H38N2O2/c1-16-10-23(24(18(3)17(16)2)20-4-5-22(28)11-20)19-6-8-27(9-7-19)21-12-25(29-13-21)14-26-15-25/h10,19-22,26,28H,4-9,11-15H2,1-3H3/t20?,21-,22?/m0/s1. The number of nitrogens with one attached hydrogen (secondary N) is 1. The second kappa shape index (κ2) is 7.64. The first-order valence-electron chi connectivity index (χ1n) is 11.8. The van der Waals surface area contributed by atoms with Crippen molar-refractivity contribution >= 4 is 0 Å². The number of rotatable bonds is 3. The molecule has 3 saturated heterocycles. The quantitative estimate of drug-likeness (QED) is 0.817. The molecule has 29 heavy (non-hydrogen) atoms. The molecule has 4 fully saturated rings. The minimum Gasteiger partial charge on any atom is -0.393 e. The van der Waals surface area contributed by atoms with Gasteiger partial charge in [0.25, 0.3) is 0 Å². The number of nitrogens with zero attached hydrogens (tertiary/aromatic N) is 1. The second-order valence-electron chi connectivity index (χ2n) is 10.4. The van der Waals surface area contributed by atoms with Crippen LogP contribution < -0.4 is 5.32 Å². The Morgan fingerprint density at radius 1 is 1.03 bits per heavy atom. The van der Waals surface area contributed by atoms with Crippen LogP contribution in [0.1, 0.15) is 78.2 Å². The maximum Gasteiger partial charge on any atom is 0.0946 e. The third-order valence-electron chi connectivity index (χ3n) is 8.62. The van der Waals surface area contributed by atoms with Crippen LogP contribution in [0.2, 0.25) is 0 Å². The highest BCUT2D eigenvalue weighted by Gasteiger charge is 2.47. The van der Waals surface area contributed by atoms with Crippen molar-refractivity contribution in [3.05, 3.63) is 33.9 Å². The first-order valence-corrected chi connectivity index (χ1v) is 11.8. The maximum absolute atomic E-state index is 10.2. The second-order valence-corrected chi connectivity index (χ2v) is 10.4. The van der Waals surface area contributed by atoms with Crippen LogP contribution in [0.15, 0.2) is 6.07 Å². The largest absolute Gasteiger partial charge is 0.393 e. The number of aryl methyl sites for hydroxylation is 1. The fourth-order valence-electron chi connectivity index (χ4n) is 6.51. The van der Waals surface area contributed by atoms with Gasteiger partial charge in [0.15, 0.2) is 0 Å². The van der Waals surface area contributed by atoms with Gasteiger partial charge in [-0.25, -0.2) is 0 Å². The number of aliphatic hydroxyl groups is 1. The van der Waals surface area contributed by atoms with Gasteiger partial charge in [0.2, 0.25) is 0 Å². The molecule has 1 aliphatic carbocycles. The summed E-state index contributed by atoms with van der Waals surface area (Å²) in [5.41, 5.74) is 7.72. The van der Waals surface area contributed by atoms with Crippen LogP contribution in [-0.4, -0.2) is 60.5 Å². The van der Waals surface area contributed by atoms with Crippen LogP contribution in [0.25, 0.3) is 0 Å². The third-order valence-corrected chi connectivity index (χ3v) is 8.62. The lowest BCUT2D eigenvalue weighted by Crippen LogP contribution is -2.59. The van der Waals surface area contributed by atoms with E-state index in [4.69, 9.17) is 4.74 Å². The van der Waals surface area contributed by atoms with Crippen LogP contribution in [0.3, 0.4) is 0 Å².